The Kier molecular flexibility index (Phi) is 4.95. The number of nitrogens with zero attached hydrogens (tertiary/aromatic N) is 1. The van der Waals surface area contributed by atoms with E-state index in [0.29, 0.717) is 4.47 Å². The van der Waals surface area contributed by atoms with E-state index in [-0.39, 0.29) is 10.6 Å². The molecular formula is C20H19NO4S. The minimum absolute atomic E-state index is 0.00105. The van der Waals surface area contributed by atoms with E-state index < -0.39 is 21.8 Å². The van der Waals surface area contributed by atoms with Gasteiger partial charge < -0.3 is 4.84 Å². The highest BCUT2D eigenvalue weighted by molar-refractivity contribution is 7.89. The molecular weight excluding hydrogens is 350 g/mol. The summed E-state index contributed by atoms with van der Waals surface area (Å²) < 4.78 is 26.7. The highest BCUT2D eigenvalue weighted by Crippen LogP contribution is 2.24. The molecule has 0 bridgehead atoms. The number of para-hydroxylation sites is 1. The number of fused-ring (bicyclic) bond motifs is 1. The van der Waals surface area contributed by atoms with Gasteiger partial charge in [-0.05, 0) is 35.0 Å². The minimum Gasteiger partial charge on any atom is -0.361 e. The second-order valence-electron chi connectivity index (χ2n) is 6.14. The summed E-state index contributed by atoms with van der Waals surface area (Å²) in [4.78, 5) is 18.0. The third-order valence-electron chi connectivity index (χ3n) is 3.84. The van der Waals surface area contributed by atoms with Crippen LogP contribution in [-0.2, 0) is 14.8 Å². The van der Waals surface area contributed by atoms with E-state index in [1.807, 2.05) is 24.3 Å². The van der Waals surface area contributed by atoms with E-state index in [9.17, 15) is 13.2 Å². The molecule has 0 radical (unpaired) electrons. The van der Waals surface area contributed by atoms with Crippen molar-refractivity contribution in [2.24, 2.45) is 5.92 Å². The minimum atomic E-state index is -4.17. The standard InChI is InChI=1S/C20H19NO4S/c1-15(2)20(22)21(25-18-10-4-3-5-11-18)26(23,24)19-13-12-16-8-6-7-9-17(16)14-19/h3-15H,1-2H3. The highest BCUT2D eigenvalue weighted by Gasteiger charge is 2.33. The highest BCUT2D eigenvalue weighted by atomic mass is 32.2. The number of amides is 1. The number of hydroxylamine groups is 1. The van der Waals surface area contributed by atoms with Crippen LogP contribution in [0.2, 0.25) is 0 Å². The quantitative estimate of drug-likeness (QED) is 0.638. The molecule has 0 aliphatic carbocycles. The first-order chi connectivity index (χ1) is 12.4. The molecule has 1 amide bonds. The summed E-state index contributed by atoms with van der Waals surface area (Å²) in [6.45, 7) is 3.25. The number of benzene rings is 3. The van der Waals surface area contributed by atoms with Crippen LogP contribution in [0, 0.1) is 5.92 Å². The summed E-state index contributed by atoms with van der Waals surface area (Å²) in [5.41, 5.74) is 0. The predicted molar refractivity (Wildman–Crippen MR) is 99.9 cm³/mol. The molecule has 0 saturated carbocycles. The maximum absolute atomic E-state index is 13.1. The van der Waals surface area contributed by atoms with Gasteiger partial charge >= 0.3 is 0 Å². The Morgan fingerprint density at radius 2 is 1.50 bits per heavy atom. The fourth-order valence-corrected chi connectivity index (χ4v) is 3.76. The normalized spacial score (nSPS) is 11.5. The van der Waals surface area contributed by atoms with Crippen molar-refractivity contribution in [1.29, 1.82) is 0 Å². The van der Waals surface area contributed by atoms with E-state index in [1.54, 1.807) is 56.3 Å². The number of sulfonamides is 1. The Morgan fingerprint density at radius 1 is 0.885 bits per heavy atom. The first-order valence-electron chi connectivity index (χ1n) is 8.20. The van der Waals surface area contributed by atoms with Crippen LogP contribution in [0.25, 0.3) is 10.8 Å². The number of hydrogen-bond acceptors (Lipinski definition) is 4. The summed E-state index contributed by atoms with van der Waals surface area (Å²) in [5.74, 6) is -0.915. The lowest BCUT2D eigenvalue weighted by Crippen LogP contribution is -2.41. The zero-order valence-corrected chi connectivity index (χ0v) is 15.3. The van der Waals surface area contributed by atoms with Crippen molar-refractivity contribution < 1.29 is 18.0 Å². The van der Waals surface area contributed by atoms with Crippen LogP contribution < -0.4 is 4.84 Å². The molecule has 0 aliphatic heterocycles. The Morgan fingerprint density at radius 3 is 2.15 bits per heavy atom. The van der Waals surface area contributed by atoms with Gasteiger partial charge in [-0.1, -0.05) is 66.8 Å². The zero-order chi connectivity index (χ0) is 18.7. The van der Waals surface area contributed by atoms with Crippen LogP contribution in [-0.4, -0.2) is 18.8 Å². The summed E-state index contributed by atoms with van der Waals surface area (Å²) in [7, 11) is -4.17. The van der Waals surface area contributed by atoms with Gasteiger partial charge in [0, 0.05) is 5.92 Å². The predicted octanol–water partition coefficient (Wildman–Crippen LogP) is 4.01. The van der Waals surface area contributed by atoms with Gasteiger partial charge in [0.05, 0.1) is 4.90 Å². The van der Waals surface area contributed by atoms with Gasteiger partial charge in [-0.15, -0.1) is 0 Å². The van der Waals surface area contributed by atoms with Crippen molar-refractivity contribution in [3.63, 3.8) is 0 Å². The van der Waals surface area contributed by atoms with Crippen molar-refractivity contribution >= 4 is 26.7 Å². The van der Waals surface area contributed by atoms with Gasteiger partial charge in [0.25, 0.3) is 15.9 Å². The molecule has 26 heavy (non-hydrogen) atoms. The van der Waals surface area contributed by atoms with Gasteiger partial charge in [-0.25, -0.2) is 0 Å². The Labute approximate surface area is 152 Å². The first kappa shape index (κ1) is 17.9. The molecule has 0 saturated heterocycles. The number of rotatable bonds is 5. The van der Waals surface area contributed by atoms with Gasteiger partial charge in [0.15, 0.2) is 5.75 Å². The molecule has 134 valence electrons. The van der Waals surface area contributed by atoms with Crippen LogP contribution in [0.5, 0.6) is 5.75 Å². The van der Waals surface area contributed by atoms with E-state index in [2.05, 4.69) is 0 Å². The molecule has 0 unspecified atom stereocenters. The lowest BCUT2D eigenvalue weighted by atomic mass is 10.1. The summed E-state index contributed by atoms with van der Waals surface area (Å²) in [6.07, 6.45) is 0. The Hall–Kier alpha value is -2.86. The molecule has 3 rings (SSSR count). The fourth-order valence-electron chi connectivity index (χ4n) is 2.42. The van der Waals surface area contributed by atoms with Gasteiger partial charge in [-0.3, -0.25) is 4.79 Å². The summed E-state index contributed by atoms with van der Waals surface area (Å²) >= 11 is 0. The molecule has 0 N–H and O–H groups in total. The van der Waals surface area contributed by atoms with Crippen LogP contribution in [0.3, 0.4) is 0 Å². The van der Waals surface area contributed by atoms with Crippen molar-refractivity contribution in [2.45, 2.75) is 18.7 Å². The van der Waals surface area contributed by atoms with Gasteiger partial charge in [0.1, 0.15) is 0 Å². The average Bonchev–Trinajstić information content (AvgIpc) is 2.65. The molecule has 0 aliphatic rings. The topological polar surface area (TPSA) is 63.7 Å². The monoisotopic (exact) mass is 369 g/mol. The molecule has 5 nitrogen and oxygen atoms in total. The van der Waals surface area contributed by atoms with E-state index >= 15 is 0 Å². The third-order valence-corrected chi connectivity index (χ3v) is 5.38. The molecule has 6 heteroatoms. The first-order valence-corrected chi connectivity index (χ1v) is 9.64. The van der Waals surface area contributed by atoms with Crippen LogP contribution in [0.1, 0.15) is 13.8 Å². The SMILES string of the molecule is CC(C)C(=O)N(Oc1ccccc1)S(=O)(=O)c1ccc2ccccc2c1. The van der Waals surface area contributed by atoms with E-state index in [1.165, 1.54) is 6.07 Å². The largest absolute Gasteiger partial charge is 0.361 e. The van der Waals surface area contributed by atoms with Gasteiger partial charge in [0.2, 0.25) is 0 Å². The van der Waals surface area contributed by atoms with Crippen molar-refractivity contribution in [3.8, 4) is 5.75 Å². The molecule has 3 aromatic carbocycles. The van der Waals surface area contributed by atoms with Gasteiger partial charge in [-0.2, -0.15) is 8.42 Å². The lowest BCUT2D eigenvalue weighted by Gasteiger charge is -2.23. The van der Waals surface area contributed by atoms with Crippen molar-refractivity contribution in [3.05, 3.63) is 72.8 Å². The number of hydrogen-bond donors (Lipinski definition) is 0. The average molecular weight is 369 g/mol. The van der Waals surface area contributed by atoms with E-state index in [4.69, 9.17) is 4.84 Å². The molecule has 0 heterocycles. The summed E-state index contributed by atoms with van der Waals surface area (Å²) in [5, 5.41) is 1.68. The summed E-state index contributed by atoms with van der Waals surface area (Å²) in [6, 6.07) is 20.5. The third kappa shape index (κ3) is 3.55. The van der Waals surface area contributed by atoms with Crippen LogP contribution in [0.15, 0.2) is 77.7 Å². The molecule has 0 aromatic heterocycles. The molecule has 3 aromatic rings. The maximum Gasteiger partial charge on any atom is 0.297 e. The zero-order valence-electron chi connectivity index (χ0n) is 14.5. The fraction of sp³-hybridized carbons (Fsp3) is 0.150. The van der Waals surface area contributed by atoms with Crippen LogP contribution >= 0.6 is 0 Å². The Bertz CT molecular complexity index is 1030. The second kappa shape index (κ2) is 7.17. The molecule has 0 fully saturated rings. The molecule has 0 spiro atoms. The lowest BCUT2D eigenvalue weighted by molar-refractivity contribution is -0.145. The van der Waals surface area contributed by atoms with Crippen LogP contribution in [0.4, 0.5) is 0 Å². The maximum atomic E-state index is 13.1. The molecule has 0 atom stereocenters. The van der Waals surface area contributed by atoms with Crippen molar-refractivity contribution in [2.75, 3.05) is 0 Å². The van der Waals surface area contributed by atoms with Crippen molar-refractivity contribution in [1.82, 2.24) is 4.47 Å². The second-order valence-corrected chi connectivity index (χ2v) is 7.89. The Balaban J connectivity index is 2.06. The smallest absolute Gasteiger partial charge is 0.297 e. The number of carbonyl (C=O) groups is 1. The van der Waals surface area contributed by atoms with E-state index in [0.717, 1.165) is 10.8 Å². The number of carbonyl (C=O) groups excluding carboxylic acids is 1.